The molecule has 0 N–H and O–H groups in total. The van der Waals surface area contributed by atoms with Crippen LogP contribution in [0.1, 0.15) is 16.7 Å². The van der Waals surface area contributed by atoms with E-state index in [1.54, 1.807) is 0 Å². The number of carbonyl (C=O) groups excluding carboxylic acids is 1. The second-order valence-electron chi connectivity index (χ2n) is 8.06. The molecule has 0 saturated carbocycles. The standard InChI is InChI=1S/C27H28N4OS/c1-21-13-15-24(16-14-21)26-28-29-27(30(26)2)33-20-25(32)31(19-23-11-7-4-8-12-23)18-17-22-9-5-3-6-10-22/h3-16H,17-20H2,1-2H3. The van der Waals surface area contributed by atoms with Crippen LogP contribution in [-0.4, -0.2) is 37.9 Å². The first-order chi connectivity index (χ1) is 16.1. The summed E-state index contributed by atoms with van der Waals surface area (Å²) in [6.07, 6.45) is 0.825. The smallest absolute Gasteiger partial charge is 0.233 e. The van der Waals surface area contributed by atoms with E-state index in [4.69, 9.17) is 0 Å². The number of rotatable bonds is 9. The summed E-state index contributed by atoms with van der Waals surface area (Å²) in [5.41, 5.74) is 4.58. The largest absolute Gasteiger partial charge is 0.337 e. The van der Waals surface area contributed by atoms with Gasteiger partial charge in [-0.3, -0.25) is 4.79 Å². The summed E-state index contributed by atoms with van der Waals surface area (Å²) in [5, 5.41) is 9.42. The molecule has 0 aliphatic rings. The molecule has 0 spiro atoms. The predicted molar refractivity (Wildman–Crippen MR) is 134 cm³/mol. The Labute approximate surface area is 199 Å². The predicted octanol–water partition coefficient (Wildman–Crippen LogP) is 5.15. The lowest BCUT2D eigenvalue weighted by molar-refractivity contribution is -0.128. The molecule has 1 heterocycles. The topological polar surface area (TPSA) is 51.0 Å². The van der Waals surface area contributed by atoms with E-state index >= 15 is 0 Å². The third-order valence-corrected chi connectivity index (χ3v) is 6.56. The van der Waals surface area contributed by atoms with Crippen LogP contribution in [0.25, 0.3) is 11.4 Å². The number of amides is 1. The first kappa shape index (κ1) is 22.8. The molecule has 0 fully saturated rings. The van der Waals surface area contributed by atoms with Gasteiger partial charge in [0.1, 0.15) is 0 Å². The van der Waals surface area contributed by atoms with Crippen LogP contribution >= 0.6 is 11.8 Å². The van der Waals surface area contributed by atoms with Crippen molar-refractivity contribution in [1.29, 1.82) is 0 Å². The van der Waals surface area contributed by atoms with Gasteiger partial charge in [-0.1, -0.05) is 102 Å². The van der Waals surface area contributed by atoms with Gasteiger partial charge in [0.05, 0.1) is 5.75 Å². The zero-order chi connectivity index (χ0) is 23.0. The number of aromatic nitrogens is 3. The van der Waals surface area contributed by atoms with Crippen molar-refractivity contribution in [1.82, 2.24) is 19.7 Å². The summed E-state index contributed by atoms with van der Waals surface area (Å²) in [7, 11) is 1.94. The summed E-state index contributed by atoms with van der Waals surface area (Å²) >= 11 is 1.43. The maximum Gasteiger partial charge on any atom is 0.233 e. The normalized spacial score (nSPS) is 10.8. The highest BCUT2D eigenvalue weighted by atomic mass is 32.2. The molecule has 0 aliphatic heterocycles. The van der Waals surface area contributed by atoms with E-state index in [0.29, 0.717) is 18.8 Å². The van der Waals surface area contributed by atoms with Crippen LogP contribution in [-0.2, 0) is 24.8 Å². The van der Waals surface area contributed by atoms with Gasteiger partial charge in [-0.25, -0.2) is 0 Å². The van der Waals surface area contributed by atoms with Crippen molar-refractivity contribution in [3.63, 3.8) is 0 Å². The minimum absolute atomic E-state index is 0.0969. The van der Waals surface area contributed by atoms with Gasteiger partial charge in [0, 0.05) is 25.7 Å². The number of hydrogen-bond acceptors (Lipinski definition) is 4. The number of thioether (sulfide) groups is 1. The van der Waals surface area contributed by atoms with E-state index in [0.717, 1.165) is 28.5 Å². The molecule has 0 radical (unpaired) electrons. The molecule has 33 heavy (non-hydrogen) atoms. The van der Waals surface area contributed by atoms with E-state index in [1.165, 1.54) is 22.9 Å². The molecule has 1 aromatic heterocycles. The first-order valence-corrected chi connectivity index (χ1v) is 12.0. The van der Waals surface area contributed by atoms with E-state index < -0.39 is 0 Å². The summed E-state index contributed by atoms with van der Waals surface area (Å²) in [4.78, 5) is 15.2. The quantitative estimate of drug-likeness (QED) is 0.327. The van der Waals surface area contributed by atoms with Crippen LogP contribution < -0.4 is 0 Å². The average Bonchev–Trinajstić information content (AvgIpc) is 3.22. The second-order valence-corrected chi connectivity index (χ2v) is 9.00. The Morgan fingerprint density at radius 2 is 1.52 bits per heavy atom. The minimum atomic E-state index is 0.0969. The Bertz CT molecular complexity index is 1170. The van der Waals surface area contributed by atoms with E-state index in [-0.39, 0.29) is 5.91 Å². The van der Waals surface area contributed by atoms with Crippen LogP contribution in [0.5, 0.6) is 0 Å². The van der Waals surface area contributed by atoms with E-state index in [9.17, 15) is 4.79 Å². The maximum absolute atomic E-state index is 13.2. The number of nitrogens with zero attached hydrogens (tertiary/aromatic N) is 4. The maximum atomic E-state index is 13.2. The molecule has 0 bridgehead atoms. The van der Waals surface area contributed by atoms with Crippen molar-refractivity contribution in [2.24, 2.45) is 7.05 Å². The number of carbonyl (C=O) groups is 1. The van der Waals surface area contributed by atoms with Gasteiger partial charge in [-0.05, 0) is 24.5 Å². The van der Waals surface area contributed by atoms with Crippen molar-refractivity contribution >= 4 is 17.7 Å². The Kier molecular flexibility index (Phi) is 7.58. The van der Waals surface area contributed by atoms with Crippen LogP contribution in [0.4, 0.5) is 0 Å². The number of benzene rings is 3. The molecule has 4 rings (SSSR count). The second kappa shape index (κ2) is 11.0. The molecule has 0 atom stereocenters. The number of aryl methyl sites for hydroxylation is 1. The fourth-order valence-electron chi connectivity index (χ4n) is 3.62. The monoisotopic (exact) mass is 456 g/mol. The van der Waals surface area contributed by atoms with Crippen LogP contribution in [0.15, 0.2) is 90.1 Å². The zero-order valence-corrected chi connectivity index (χ0v) is 19.8. The highest BCUT2D eigenvalue weighted by molar-refractivity contribution is 7.99. The van der Waals surface area contributed by atoms with Crippen molar-refractivity contribution in [3.05, 3.63) is 102 Å². The van der Waals surface area contributed by atoms with Crippen LogP contribution in [0.2, 0.25) is 0 Å². The van der Waals surface area contributed by atoms with Gasteiger partial charge in [0.25, 0.3) is 0 Å². The van der Waals surface area contributed by atoms with Gasteiger partial charge >= 0.3 is 0 Å². The van der Waals surface area contributed by atoms with Crippen molar-refractivity contribution < 1.29 is 4.79 Å². The van der Waals surface area contributed by atoms with Crippen LogP contribution in [0.3, 0.4) is 0 Å². The lowest BCUT2D eigenvalue weighted by atomic mass is 10.1. The Morgan fingerprint density at radius 1 is 0.879 bits per heavy atom. The first-order valence-electron chi connectivity index (χ1n) is 11.0. The van der Waals surface area contributed by atoms with Gasteiger partial charge in [-0.15, -0.1) is 10.2 Å². The lowest BCUT2D eigenvalue weighted by Crippen LogP contribution is -2.34. The Balaban J connectivity index is 1.43. The molecule has 5 nitrogen and oxygen atoms in total. The molecule has 0 saturated heterocycles. The van der Waals surface area contributed by atoms with Crippen molar-refractivity contribution in [2.75, 3.05) is 12.3 Å². The molecule has 0 aliphatic carbocycles. The minimum Gasteiger partial charge on any atom is -0.337 e. The number of hydrogen-bond donors (Lipinski definition) is 0. The van der Waals surface area contributed by atoms with Crippen molar-refractivity contribution in [3.8, 4) is 11.4 Å². The Hall–Kier alpha value is -3.38. The summed E-state index contributed by atoms with van der Waals surface area (Å²) in [6, 6.07) is 28.6. The van der Waals surface area contributed by atoms with Gasteiger partial charge < -0.3 is 9.47 Å². The highest BCUT2D eigenvalue weighted by Gasteiger charge is 2.17. The van der Waals surface area contributed by atoms with Crippen LogP contribution in [0, 0.1) is 6.92 Å². The van der Waals surface area contributed by atoms with E-state index in [2.05, 4.69) is 53.5 Å². The van der Waals surface area contributed by atoms with Gasteiger partial charge in [0.2, 0.25) is 5.91 Å². The molecule has 4 aromatic rings. The molecular weight excluding hydrogens is 428 g/mol. The molecule has 6 heteroatoms. The Morgan fingerprint density at radius 3 is 2.18 bits per heavy atom. The fraction of sp³-hybridized carbons (Fsp3) is 0.222. The highest BCUT2D eigenvalue weighted by Crippen LogP contribution is 2.23. The molecule has 1 amide bonds. The molecule has 0 unspecified atom stereocenters. The summed E-state index contributed by atoms with van der Waals surface area (Å²) < 4.78 is 1.95. The van der Waals surface area contributed by atoms with Gasteiger partial charge in [0.15, 0.2) is 11.0 Å². The molecular formula is C27H28N4OS. The van der Waals surface area contributed by atoms with E-state index in [1.807, 2.05) is 65.0 Å². The third-order valence-electron chi connectivity index (χ3n) is 5.55. The lowest BCUT2D eigenvalue weighted by Gasteiger charge is -2.23. The average molecular weight is 457 g/mol. The van der Waals surface area contributed by atoms with Crippen molar-refractivity contribution in [2.45, 2.75) is 25.0 Å². The fourth-order valence-corrected chi connectivity index (χ4v) is 4.43. The molecule has 3 aromatic carbocycles. The molecule has 168 valence electrons. The third kappa shape index (κ3) is 6.11. The SMILES string of the molecule is Cc1ccc(-c2nnc(SCC(=O)N(CCc3ccccc3)Cc3ccccc3)n2C)cc1. The van der Waals surface area contributed by atoms with Gasteiger partial charge in [-0.2, -0.15) is 0 Å². The summed E-state index contributed by atoms with van der Waals surface area (Å²) in [6.45, 7) is 3.33. The summed E-state index contributed by atoms with van der Waals surface area (Å²) in [5.74, 6) is 1.22. The zero-order valence-electron chi connectivity index (χ0n) is 19.0.